The molecule has 3 rings (SSSR count). The molecule has 5 nitrogen and oxygen atoms in total. The molecular weight excluding hydrogens is 413 g/mol. The summed E-state index contributed by atoms with van der Waals surface area (Å²) in [5, 5.41) is 4.13. The summed E-state index contributed by atoms with van der Waals surface area (Å²) < 4.78 is 11.5. The summed E-state index contributed by atoms with van der Waals surface area (Å²) in [6.45, 7) is 5.33. The molecule has 1 fully saturated rings. The highest BCUT2D eigenvalue weighted by atomic mass is 35.5. The van der Waals surface area contributed by atoms with Crippen LogP contribution in [-0.4, -0.2) is 23.6 Å². The lowest BCUT2D eigenvalue weighted by atomic mass is 9.93. The van der Waals surface area contributed by atoms with Crippen molar-refractivity contribution >= 4 is 35.1 Å². The Morgan fingerprint density at radius 2 is 1.76 bits per heavy atom. The molecule has 1 heterocycles. The van der Waals surface area contributed by atoms with E-state index < -0.39 is 29.8 Å². The predicted octanol–water partition coefficient (Wildman–Crippen LogP) is 5.02. The first-order chi connectivity index (χ1) is 13.6. The van der Waals surface area contributed by atoms with E-state index in [2.05, 4.69) is 5.32 Å². The highest BCUT2D eigenvalue weighted by molar-refractivity contribution is 6.30. The van der Waals surface area contributed by atoms with Gasteiger partial charge in [0.1, 0.15) is 17.8 Å². The van der Waals surface area contributed by atoms with Crippen molar-refractivity contribution in [1.29, 1.82) is 0 Å². The third-order valence-electron chi connectivity index (χ3n) is 4.38. The van der Waals surface area contributed by atoms with E-state index in [4.69, 9.17) is 32.7 Å². The average Bonchev–Trinajstić information content (AvgIpc) is 2.62. The maximum atomic E-state index is 12.7. The number of carbonyl (C=O) groups excluding carboxylic acids is 2. The first kappa shape index (κ1) is 21.6. The number of esters is 1. The minimum atomic E-state index is -0.961. The molecule has 2 aromatic carbocycles. The zero-order valence-electron chi connectivity index (χ0n) is 16.4. The van der Waals surface area contributed by atoms with Crippen molar-refractivity contribution in [2.24, 2.45) is 0 Å². The van der Waals surface area contributed by atoms with Gasteiger partial charge >= 0.3 is 5.97 Å². The van der Waals surface area contributed by atoms with Crippen molar-refractivity contribution in [3.05, 3.63) is 69.7 Å². The summed E-state index contributed by atoms with van der Waals surface area (Å²) in [6.07, 6.45) is -1.66. The molecule has 0 radical (unpaired) electrons. The van der Waals surface area contributed by atoms with E-state index in [0.717, 1.165) is 11.1 Å². The van der Waals surface area contributed by atoms with E-state index in [1.54, 1.807) is 45.0 Å². The van der Waals surface area contributed by atoms with Gasteiger partial charge in [0.05, 0.1) is 12.5 Å². The molecule has 7 heteroatoms. The molecule has 2 unspecified atom stereocenters. The van der Waals surface area contributed by atoms with Crippen molar-refractivity contribution in [1.82, 2.24) is 5.32 Å². The fraction of sp³-hybridized carbons (Fsp3) is 0.364. The number of ether oxygens (including phenoxy) is 2. The topological polar surface area (TPSA) is 64.6 Å². The Morgan fingerprint density at radius 3 is 2.38 bits per heavy atom. The molecule has 1 aliphatic heterocycles. The zero-order chi connectivity index (χ0) is 21.2. The predicted molar refractivity (Wildman–Crippen MR) is 112 cm³/mol. The first-order valence-electron chi connectivity index (χ1n) is 9.31. The Balaban J connectivity index is 1.88. The summed E-state index contributed by atoms with van der Waals surface area (Å²) in [7, 11) is 0. The standard InChI is InChI=1S/C22H23Cl2NO4/c1-22(2,3)29-18(26)12-17-21(27)25-19(13-7-9-15(23)10-8-13)20(28-17)14-5-4-6-16(24)11-14/h4-11,17,19-20H,12H2,1-3H3,(H,25,27)/t17?,19?,20-/m0/s1. The van der Waals surface area contributed by atoms with Gasteiger partial charge in [-0.2, -0.15) is 0 Å². The molecule has 0 spiro atoms. The number of halogens is 2. The van der Waals surface area contributed by atoms with Gasteiger partial charge in [0, 0.05) is 10.0 Å². The number of morpholine rings is 1. The highest BCUT2D eigenvalue weighted by Gasteiger charge is 2.39. The summed E-state index contributed by atoms with van der Waals surface area (Å²) in [4.78, 5) is 24.9. The molecule has 1 N–H and O–H groups in total. The van der Waals surface area contributed by atoms with Crippen LogP contribution in [0.15, 0.2) is 48.5 Å². The minimum absolute atomic E-state index is 0.173. The number of rotatable bonds is 4. The van der Waals surface area contributed by atoms with Crippen molar-refractivity contribution in [3.8, 4) is 0 Å². The lowest BCUT2D eigenvalue weighted by molar-refractivity contribution is -0.168. The Hall–Kier alpha value is -2.08. The zero-order valence-corrected chi connectivity index (χ0v) is 18.0. The summed E-state index contributed by atoms with van der Waals surface area (Å²) in [5.41, 5.74) is 0.996. The van der Waals surface area contributed by atoms with E-state index in [1.165, 1.54) is 0 Å². The number of amides is 1. The summed E-state index contributed by atoms with van der Waals surface area (Å²) in [6, 6.07) is 14.0. The van der Waals surface area contributed by atoms with Gasteiger partial charge in [-0.25, -0.2) is 0 Å². The van der Waals surface area contributed by atoms with Gasteiger partial charge in [0.2, 0.25) is 5.91 Å². The number of hydrogen-bond acceptors (Lipinski definition) is 4. The quantitative estimate of drug-likeness (QED) is 0.684. The molecule has 29 heavy (non-hydrogen) atoms. The molecule has 0 bridgehead atoms. The van der Waals surface area contributed by atoms with Crippen LogP contribution in [-0.2, 0) is 19.1 Å². The van der Waals surface area contributed by atoms with Gasteiger partial charge in [-0.1, -0.05) is 47.5 Å². The molecule has 0 aliphatic carbocycles. The van der Waals surface area contributed by atoms with Crippen LogP contribution in [0.25, 0.3) is 0 Å². The van der Waals surface area contributed by atoms with Gasteiger partial charge in [-0.05, 0) is 56.2 Å². The second-order valence-electron chi connectivity index (χ2n) is 7.93. The van der Waals surface area contributed by atoms with E-state index >= 15 is 0 Å². The third-order valence-corrected chi connectivity index (χ3v) is 4.87. The van der Waals surface area contributed by atoms with Crippen LogP contribution >= 0.6 is 23.2 Å². The van der Waals surface area contributed by atoms with E-state index in [1.807, 2.05) is 24.3 Å². The Kier molecular flexibility index (Phi) is 6.52. The van der Waals surface area contributed by atoms with Crippen molar-refractivity contribution in [3.63, 3.8) is 0 Å². The molecule has 1 saturated heterocycles. The molecule has 1 amide bonds. The summed E-state index contributed by atoms with van der Waals surface area (Å²) in [5.74, 6) is -0.860. The second-order valence-corrected chi connectivity index (χ2v) is 8.80. The number of benzene rings is 2. The van der Waals surface area contributed by atoms with Gasteiger partial charge < -0.3 is 14.8 Å². The minimum Gasteiger partial charge on any atom is -0.460 e. The van der Waals surface area contributed by atoms with Gasteiger partial charge in [-0.3, -0.25) is 9.59 Å². The largest absolute Gasteiger partial charge is 0.460 e. The smallest absolute Gasteiger partial charge is 0.309 e. The van der Waals surface area contributed by atoms with Crippen molar-refractivity contribution in [2.75, 3.05) is 0 Å². The SMILES string of the molecule is CC(C)(C)OC(=O)CC1O[C@@H](c2cccc(Cl)c2)C(c2ccc(Cl)cc2)NC1=O. The molecular formula is C22H23Cl2NO4. The van der Waals surface area contributed by atoms with Gasteiger partial charge in [-0.15, -0.1) is 0 Å². The Labute approximate surface area is 180 Å². The van der Waals surface area contributed by atoms with Crippen LogP contribution in [0.4, 0.5) is 0 Å². The Bertz CT molecular complexity index is 892. The Morgan fingerprint density at radius 1 is 1.07 bits per heavy atom. The van der Waals surface area contributed by atoms with Crippen LogP contribution in [0.1, 0.15) is 50.5 Å². The fourth-order valence-electron chi connectivity index (χ4n) is 3.20. The lowest BCUT2D eigenvalue weighted by Gasteiger charge is -2.37. The van der Waals surface area contributed by atoms with Crippen molar-refractivity contribution in [2.45, 2.75) is 51.0 Å². The van der Waals surface area contributed by atoms with E-state index in [9.17, 15) is 9.59 Å². The molecule has 0 saturated carbocycles. The average molecular weight is 436 g/mol. The number of hydrogen-bond donors (Lipinski definition) is 1. The van der Waals surface area contributed by atoms with Gasteiger partial charge in [0.15, 0.2) is 0 Å². The highest BCUT2D eigenvalue weighted by Crippen LogP contribution is 2.38. The number of nitrogens with one attached hydrogen (secondary N) is 1. The normalized spacial score (nSPS) is 22.1. The number of carbonyl (C=O) groups is 2. The fourth-order valence-corrected chi connectivity index (χ4v) is 3.52. The molecule has 1 aliphatic rings. The monoisotopic (exact) mass is 435 g/mol. The van der Waals surface area contributed by atoms with Crippen molar-refractivity contribution < 1.29 is 19.1 Å². The van der Waals surface area contributed by atoms with Gasteiger partial charge in [0.25, 0.3) is 0 Å². The lowest BCUT2D eigenvalue weighted by Crippen LogP contribution is -2.49. The van der Waals surface area contributed by atoms with E-state index in [-0.39, 0.29) is 12.3 Å². The maximum Gasteiger partial charge on any atom is 0.309 e. The molecule has 0 aromatic heterocycles. The van der Waals surface area contributed by atoms with Crippen LogP contribution < -0.4 is 5.32 Å². The van der Waals surface area contributed by atoms with Crippen LogP contribution in [0.2, 0.25) is 10.0 Å². The van der Waals surface area contributed by atoms with Crippen LogP contribution in [0.5, 0.6) is 0 Å². The molecule has 2 aromatic rings. The van der Waals surface area contributed by atoms with Crippen LogP contribution in [0.3, 0.4) is 0 Å². The van der Waals surface area contributed by atoms with Crippen LogP contribution in [0, 0.1) is 0 Å². The second kappa shape index (κ2) is 8.74. The maximum absolute atomic E-state index is 12.7. The third kappa shape index (κ3) is 5.72. The van der Waals surface area contributed by atoms with E-state index in [0.29, 0.717) is 10.0 Å². The first-order valence-corrected chi connectivity index (χ1v) is 10.1. The molecule has 154 valence electrons. The molecule has 3 atom stereocenters. The summed E-state index contributed by atoms with van der Waals surface area (Å²) >= 11 is 12.2.